The standard InChI is InChI=1S/C16H16N2/c1-12-6-8-13(9-7-12)11-18-15-5-3-2-4-14(15)10-16(18)17/h2-9,17H,10-11H2,1H3. The molecule has 0 fully saturated rings. The maximum Gasteiger partial charge on any atom is 0.105 e. The lowest BCUT2D eigenvalue weighted by Gasteiger charge is -2.19. The molecule has 1 N–H and O–H groups in total. The van der Waals surface area contributed by atoms with Crippen LogP contribution < -0.4 is 4.90 Å². The summed E-state index contributed by atoms with van der Waals surface area (Å²) in [6.45, 7) is 2.88. The summed E-state index contributed by atoms with van der Waals surface area (Å²) in [6, 6.07) is 16.8. The number of benzene rings is 2. The summed E-state index contributed by atoms with van der Waals surface area (Å²) in [6.07, 6.45) is 0.752. The first kappa shape index (κ1) is 11.0. The summed E-state index contributed by atoms with van der Waals surface area (Å²) in [5.41, 5.74) is 4.97. The van der Waals surface area contributed by atoms with Crippen LogP contribution in [0.1, 0.15) is 16.7 Å². The van der Waals surface area contributed by atoms with Gasteiger partial charge >= 0.3 is 0 Å². The van der Waals surface area contributed by atoms with Crippen molar-refractivity contribution in [2.75, 3.05) is 4.90 Å². The predicted octanol–water partition coefficient (Wildman–Crippen LogP) is 3.53. The van der Waals surface area contributed by atoms with E-state index in [1.54, 1.807) is 0 Å². The molecule has 1 heterocycles. The highest BCUT2D eigenvalue weighted by Gasteiger charge is 2.23. The third-order valence-electron chi connectivity index (χ3n) is 3.43. The fourth-order valence-electron chi connectivity index (χ4n) is 2.40. The molecule has 18 heavy (non-hydrogen) atoms. The number of nitrogens with zero attached hydrogens (tertiary/aromatic N) is 1. The molecular weight excluding hydrogens is 220 g/mol. The van der Waals surface area contributed by atoms with Crippen molar-refractivity contribution in [1.29, 1.82) is 5.41 Å². The molecule has 0 saturated heterocycles. The molecule has 90 valence electrons. The molecule has 0 saturated carbocycles. The first-order valence-corrected chi connectivity index (χ1v) is 6.22. The molecule has 2 nitrogen and oxygen atoms in total. The number of nitrogens with one attached hydrogen (secondary N) is 1. The lowest BCUT2D eigenvalue weighted by Crippen LogP contribution is -2.25. The number of amidine groups is 1. The fraction of sp³-hybridized carbons (Fsp3) is 0.188. The molecule has 0 aromatic heterocycles. The monoisotopic (exact) mass is 236 g/mol. The van der Waals surface area contributed by atoms with E-state index < -0.39 is 0 Å². The van der Waals surface area contributed by atoms with Gasteiger partial charge in [-0.15, -0.1) is 0 Å². The van der Waals surface area contributed by atoms with Crippen molar-refractivity contribution in [3.8, 4) is 0 Å². The smallest absolute Gasteiger partial charge is 0.105 e. The van der Waals surface area contributed by atoms with Crippen molar-refractivity contribution in [1.82, 2.24) is 0 Å². The lowest BCUT2D eigenvalue weighted by atomic mass is 10.1. The highest BCUT2D eigenvalue weighted by molar-refractivity contribution is 6.03. The molecule has 0 amide bonds. The van der Waals surface area contributed by atoms with Gasteiger partial charge in [0.15, 0.2) is 0 Å². The van der Waals surface area contributed by atoms with E-state index in [0.717, 1.165) is 13.0 Å². The van der Waals surface area contributed by atoms with Gasteiger partial charge < -0.3 is 4.90 Å². The third-order valence-corrected chi connectivity index (χ3v) is 3.43. The number of anilines is 1. The summed E-state index contributed by atoms with van der Waals surface area (Å²) in [4.78, 5) is 2.10. The summed E-state index contributed by atoms with van der Waals surface area (Å²) in [5, 5.41) is 8.11. The predicted molar refractivity (Wildman–Crippen MR) is 75.2 cm³/mol. The van der Waals surface area contributed by atoms with Gasteiger partial charge in [-0.3, -0.25) is 5.41 Å². The highest BCUT2D eigenvalue weighted by atomic mass is 15.2. The Morgan fingerprint density at radius 1 is 1.06 bits per heavy atom. The first-order valence-electron chi connectivity index (χ1n) is 6.22. The molecule has 0 aliphatic carbocycles. The van der Waals surface area contributed by atoms with Gasteiger partial charge in [0.2, 0.25) is 0 Å². The number of hydrogen-bond acceptors (Lipinski definition) is 1. The van der Waals surface area contributed by atoms with Crippen LogP contribution in [0.5, 0.6) is 0 Å². The normalized spacial score (nSPS) is 13.8. The molecule has 3 rings (SSSR count). The first-order chi connectivity index (χ1) is 8.74. The molecule has 0 atom stereocenters. The molecule has 0 spiro atoms. The fourth-order valence-corrected chi connectivity index (χ4v) is 2.40. The third kappa shape index (κ3) is 1.90. The van der Waals surface area contributed by atoms with Crippen LogP contribution in [-0.4, -0.2) is 5.84 Å². The van der Waals surface area contributed by atoms with E-state index in [1.807, 2.05) is 12.1 Å². The zero-order chi connectivity index (χ0) is 12.5. The van der Waals surface area contributed by atoms with Gasteiger partial charge in [0.1, 0.15) is 5.84 Å². The Kier molecular flexibility index (Phi) is 2.63. The Morgan fingerprint density at radius 3 is 2.56 bits per heavy atom. The van der Waals surface area contributed by atoms with Gasteiger partial charge in [0, 0.05) is 18.7 Å². The Hall–Kier alpha value is -2.09. The van der Waals surface area contributed by atoms with Crippen LogP contribution in [0.3, 0.4) is 0 Å². The summed E-state index contributed by atoms with van der Waals surface area (Å²) in [7, 11) is 0. The van der Waals surface area contributed by atoms with E-state index in [0.29, 0.717) is 5.84 Å². The Labute approximate surface area is 107 Å². The molecule has 1 aliphatic rings. The Balaban J connectivity index is 1.89. The van der Waals surface area contributed by atoms with Gasteiger partial charge in [-0.05, 0) is 24.1 Å². The Bertz CT molecular complexity index is 584. The summed E-state index contributed by atoms with van der Waals surface area (Å²) in [5.74, 6) is 0.691. The van der Waals surface area contributed by atoms with Crippen molar-refractivity contribution in [3.05, 3.63) is 65.2 Å². The van der Waals surface area contributed by atoms with Gasteiger partial charge in [-0.2, -0.15) is 0 Å². The van der Waals surface area contributed by atoms with Crippen LogP contribution in [0.15, 0.2) is 48.5 Å². The number of hydrogen-bond donors (Lipinski definition) is 1. The van der Waals surface area contributed by atoms with Crippen LogP contribution in [0.25, 0.3) is 0 Å². The highest BCUT2D eigenvalue weighted by Crippen LogP contribution is 2.29. The second-order valence-electron chi connectivity index (χ2n) is 4.82. The minimum Gasteiger partial charge on any atom is -0.325 e. The van der Waals surface area contributed by atoms with Crippen molar-refractivity contribution < 1.29 is 0 Å². The molecule has 0 bridgehead atoms. The minimum absolute atomic E-state index is 0.691. The van der Waals surface area contributed by atoms with Crippen LogP contribution in [-0.2, 0) is 13.0 Å². The SMILES string of the molecule is Cc1ccc(CN2C(=N)Cc3ccccc32)cc1. The van der Waals surface area contributed by atoms with Crippen molar-refractivity contribution in [3.63, 3.8) is 0 Å². The van der Waals surface area contributed by atoms with Crippen LogP contribution in [0.2, 0.25) is 0 Å². The lowest BCUT2D eigenvalue weighted by molar-refractivity contribution is 1.00. The topological polar surface area (TPSA) is 27.1 Å². The quantitative estimate of drug-likeness (QED) is 0.848. The van der Waals surface area contributed by atoms with Crippen LogP contribution in [0, 0.1) is 12.3 Å². The molecule has 2 heteroatoms. The largest absolute Gasteiger partial charge is 0.325 e. The maximum absolute atomic E-state index is 8.11. The van der Waals surface area contributed by atoms with Crippen molar-refractivity contribution in [2.24, 2.45) is 0 Å². The van der Waals surface area contributed by atoms with E-state index in [1.165, 1.54) is 22.4 Å². The Morgan fingerprint density at radius 2 is 1.78 bits per heavy atom. The van der Waals surface area contributed by atoms with Gasteiger partial charge in [0.05, 0.1) is 0 Å². The second-order valence-corrected chi connectivity index (χ2v) is 4.82. The second kappa shape index (κ2) is 4.30. The maximum atomic E-state index is 8.11. The van der Waals surface area contributed by atoms with E-state index in [2.05, 4.69) is 48.2 Å². The zero-order valence-corrected chi connectivity index (χ0v) is 10.5. The van der Waals surface area contributed by atoms with Crippen molar-refractivity contribution in [2.45, 2.75) is 19.9 Å². The summed E-state index contributed by atoms with van der Waals surface area (Å²) < 4.78 is 0. The van der Waals surface area contributed by atoms with Crippen molar-refractivity contribution >= 4 is 11.5 Å². The average Bonchev–Trinajstić information content (AvgIpc) is 2.69. The molecule has 2 aromatic rings. The summed E-state index contributed by atoms with van der Waals surface area (Å²) >= 11 is 0. The van der Waals surface area contributed by atoms with Gasteiger partial charge in [-0.25, -0.2) is 0 Å². The molecule has 0 unspecified atom stereocenters. The van der Waals surface area contributed by atoms with E-state index in [-0.39, 0.29) is 0 Å². The van der Waals surface area contributed by atoms with E-state index in [9.17, 15) is 0 Å². The zero-order valence-electron chi connectivity index (χ0n) is 10.5. The number of fused-ring (bicyclic) bond motifs is 1. The van der Waals surface area contributed by atoms with E-state index in [4.69, 9.17) is 5.41 Å². The van der Waals surface area contributed by atoms with Gasteiger partial charge in [0.25, 0.3) is 0 Å². The van der Waals surface area contributed by atoms with E-state index >= 15 is 0 Å². The molecule has 1 aliphatic heterocycles. The number of aryl methyl sites for hydroxylation is 1. The molecular formula is C16H16N2. The average molecular weight is 236 g/mol. The number of rotatable bonds is 2. The van der Waals surface area contributed by atoms with Crippen LogP contribution in [0.4, 0.5) is 5.69 Å². The molecule has 2 aromatic carbocycles. The molecule has 0 radical (unpaired) electrons. The number of para-hydroxylation sites is 1. The van der Waals surface area contributed by atoms with Gasteiger partial charge in [-0.1, -0.05) is 48.0 Å². The minimum atomic E-state index is 0.691. The van der Waals surface area contributed by atoms with Crippen LogP contribution >= 0.6 is 0 Å².